The van der Waals surface area contributed by atoms with Gasteiger partial charge >= 0.3 is 0 Å². The highest BCUT2D eigenvalue weighted by atomic mass is 16.5. The summed E-state index contributed by atoms with van der Waals surface area (Å²) >= 11 is 0. The first kappa shape index (κ1) is 14.5. The number of ether oxygens (including phenoxy) is 1. The third-order valence-corrected chi connectivity index (χ3v) is 4.21. The number of piperazine rings is 1. The van der Waals surface area contributed by atoms with Crippen molar-refractivity contribution in [2.45, 2.75) is 31.8 Å². The Kier molecular flexibility index (Phi) is 4.97. The molecule has 3 nitrogen and oxygen atoms in total. The van der Waals surface area contributed by atoms with Gasteiger partial charge in [-0.2, -0.15) is 0 Å². The Labute approximate surface area is 116 Å². The molecule has 2 unspecified atom stereocenters. The van der Waals surface area contributed by atoms with Crippen LogP contribution in [0.25, 0.3) is 0 Å². The molecule has 1 N–H and O–H groups in total. The molecule has 0 radical (unpaired) electrons. The quantitative estimate of drug-likeness (QED) is 0.880. The van der Waals surface area contributed by atoms with Crippen LogP contribution in [0, 0.1) is 0 Å². The molecule has 1 saturated heterocycles. The fourth-order valence-corrected chi connectivity index (χ4v) is 2.86. The van der Waals surface area contributed by atoms with Crippen molar-refractivity contribution in [3.8, 4) is 0 Å². The number of hydrogen-bond acceptors (Lipinski definition) is 3. The zero-order valence-corrected chi connectivity index (χ0v) is 12.4. The average Bonchev–Trinajstić information content (AvgIpc) is 2.46. The molecule has 0 aliphatic carbocycles. The highest BCUT2D eigenvalue weighted by Crippen LogP contribution is 2.25. The van der Waals surface area contributed by atoms with Crippen molar-refractivity contribution in [3.05, 3.63) is 35.9 Å². The highest BCUT2D eigenvalue weighted by molar-refractivity contribution is 5.24. The van der Waals surface area contributed by atoms with E-state index in [-0.39, 0.29) is 5.54 Å². The molecule has 106 valence electrons. The van der Waals surface area contributed by atoms with Crippen molar-refractivity contribution in [1.82, 2.24) is 10.2 Å². The fraction of sp³-hybridized carbons (Fsp3) is 0.625. The highest BCUT2D eigenvalue weighted by Gasteiger charge is 2.33. The van der Waals surface area contributed by atoms with Gasteiger partial charge in [0.15, 0.2) is 0 Å². The average molecular weight is 262 g/mol. The van der Waals surface area contributed by atoms with Crippen molar-refractivity contribution < 1.29 is 4.74 Å². The maximum atomic E-state index is 5.20. The first-order valence-electron chi connectivity index (χ1n) is 7.19. The van der Waals surface area contributed by atoms with E-state index in [4.69, 9.17) is 4.74 Å². The Hall–Kier alpha value is -0.900. The lowest BCUT2D eigenvalue weighted by atomic mass is 9.89. The summed E-state index contributed by atoms with van der Waals surface area (Å²) in [4.78, 5) is 2.57. The smallest absolute Gasteiger partial charge is 0.0535 e. The first-order chi connectivity index (χ1) is 9.15. The van der Waals surface area contributed by atoms with Crippen LogP contribution < -0.4 is 5.32 Å². The topological polar surface area (TPSA) is 24.5 Å². The summed E-state index contributed by atoms with van der Waals surface area (Å²) < 4.78 is 5.20. The van der Waals surface area contributed by atoms with Crippen LogP contribution in [0.4, 0.5) is 0 Å². The van der Waals surface area contributed by atoms with Crippen molar-refractivity contribution in [3.63, 3.8) is 0 Å². The molecule has 1 aromatic rings. The van der Waals surface area contributed by atoms with E-state index in [1.807, 2.05) is 0 Å². The van der Waals surface area contributed by atoms with Crippen LogP contribution in [0.5, 0.6) is 0 Å². The third kappa shape index (κ3) is 3.56. The minimum atomic E-state index is 0.0564. The number of nitrogens with zero attached hydrogens (tertiary/aromatic N) is 1. The van der Waals surface area contributed by atoms with E-state index >= 15 is 0 Å². The van der Waals surface area contributed by atoms with Gasteiger partial charge in [-0.05, 0) is 25.8 Å². The maximum absolute atomic E-state index is 5.20. The Bertz CT molecular complexity index is 382. The Morgan fingerprint density at radius 2 is 2.11 bits per heavy atom. The monoisotopic (exact) mass is 262 g/mol. The van der Waals surface area contributed by atoms with Crippen molar-refractivity contribution in [2.24, 2.45) is 0 Å². The van der Waals surface area contributed by atoms with Gasteiger partial charge in [0.2, 0.25) is 0 Å². The second-order valence-electron chi connectivity index (χ2n) is 5.73. The summed E-state index contributed by atoms with van der Waals surface area (Å²) in [7, 11) is 1.78. The second kappa shape index (κ2) is 6.51. The van der Waals surface area contributed by atoms with Crippen LogP contribution in [0.1, 0.15) is 25.8 Å². The molecule has 1 aliphatic heterocycles. The second-order valence-corrected chi connectivity index (χ2v) is 5.73. The van der Waals surface area contributed by atoms with Crippen LogP contribution in [-0.4, -0.2) is 44.3 Å². The summed E-state index contributed by atoms with van der Waals surface area (Å²) in [6.45, 7) is 8.67. The molecule has 0 bridgehead atoms. The van der Waals surface area contributed by atoms with Gasteiger partial charge in [0.05, 0.1) is 5.54 Å². The van der Waals surface area contributed by atoms with E-state index in [0.29, 0.717) is 6.04 Å². The number of nitrogens with one attached hydrogen (secondary N) is 1. The van der Waals surface area contributed by atoms with E-state index < -0.39 is 0 Å². The van der Waals surface area contributed by atoms with Crippen molar-refractivity contribution >= 4 is 0 Å². The Balaban J connectivity index is 2.04. The predicted octanol–water partition coefficient (Wildman–Crippen LogP) is 2.23. The van der Waals surface area contributed by atoms with Crippen molar-refractivity contribution in [2.75, 3.05) is 33.4 Å². The molecule has 3 heteroatoms. The van der Waals surface area contributed by atoms with Gasteiger partial charge in [-0.1, -0.05) is 30.3 Å². The SMILES string of the molecule is COCCC(C)N1CCNC(C)(c2ccccc2)C1. The van der Waals surface area contributed by atoms with Gasteiger partial charge in [-0.15, -0.1) is 0 Å². The minimum Gasteiger partial charge on any atom is -0.385 e. The normalized spacial score (nSPS) is 26.3. The molecule has 0 aromatic heterocycles. The van der Waals surface area contributed by atoms with E-state index in [9.17, 15) is 0 Å². The summed E-state index contributed by atoms with van der Waals surface area (Å²) in [6, 6.07) is 11.3. The standard InChI is InChI=1S/C16H26N2O/c1-14(9-12-19-3)18-11-10-17-16(2,13-18)15-7-5-4-6-8-15/h4-8,14,17H,9-13H2,1-3H3. The number of rotatable bonds is 5. The Morgan fingerprint density at radius 1 is 1.37 bits per heavy atom. The molecule has 2 rings (SSSR count). The van der Waals surface area contributed by atoms with E-state index in [0.717, 1.165) is 32.7 Å². The van der Waals surface area contributed by atoms with Gasteiger partial charge in [-0.3, -0.25) is 4.90 Å². The molecule has 0 saturated carbocycles. The third-order valence-electron chi connectivity index (χ3n) is 4.21. The van der Waals surface area contributed by atoms with Gasteiger partial charge in [0.25, 0.3) is 0 Å². The Morgan fingerprint density at radius 3 is 2.79 bits per heavy atom. The first-order valence-corrected chi connectivity index (χ1v) is 7.19. The lowest BCUT2D eigenvalue weighted by Gasteiger charge is -2.44. The van der Waals surface area contributed by atoms with Crippen molar-refractivity contribution in [1.29, 1.82) is 0 Å². The lowest BCUT2D eigenvalue weighted by Crippen LogP contribution is -2.58. The molecule has 1 aliphatic rings. The molecule has 2 atom stereocenters. The van der Waals surface area contributed by atoms with Crippen LogP contribution in [0.3, 0.4) is 0 Å². The molecule has 1 aromatic carbocycles. The van der Waals surface area contributed by atoms with Crippen LogP contribution in [0.2, 0.25) is 0 Å². The molecule has 1 fully saturated rings. The van der Waals surface area contributed by atoms with Crippen LogP contribution in [-0.2, 0) is 10.3 Å². The fourth-order valence-electron chi connectivity index (χ4n) is 2.86. The van der Waals surface area contributed by atoms with E-state index in [2.05, 4.69) is 54.4 Å². The van der Waals surface area contributed by atoms with Gasteiger partial charge in [0, 0.05) is 39.4 Å². The number of hydrogen-bond donors (Lipinski definition) is 1. The zero-order valence-electron chi connectivity index (χ0n) is 12.4. The number of benzene rings is 1. The molecule has 0 amide bonds. The van der Waals surface area contributed by atoms with Crippen LogP contribution in [0.15, 0.2) is 30.3 Å². The summed E-state index contributed by atoms with van der Waals surface area (Å²) in [5.41, 5.74) is 1.43. The number of methoxy groups -OCH3 is 1. The molecule has 1 heterocycles. The molecule has 0 spiro atoms. The largest absolute Gasteiger partial charge is 0.385 e. The summed E-state index contributed by atoms with van der Waals surface area (Å²) in [5, 5.41) is 3.68. The van der Waals surface area contributed by atoms with Gasteiger partial charge in [-0.25, -0.2) is 0 Å². The molecular weight excluding hydrogens is 236 g/mol. The molecular formula is C16H26N2O. The van der Waals surface area contributed by atoms with Gasteiger partial charge in [0.1, 0.15) is 0 Å². The minimum absolute atomic E-state index is 0.0564. The maximum Gasteiger partial charge on any atom is 0.0535 e. The summed E-state index contributed by atoms with van der Waals surface area (Å²) in [6.07, 6.45) is 1.10. The van der Waals surface area contributed by atoms with Crippen LogP contribution >= 0.6 is 0 Å². The lowest BCUT2D eigenvalue weighted by molar-refractivity contribution is 0.0837. The molecule has 19 heavy (non-hydrogen) atoms. The van der Waals surface area contributed by atoms with E-state index in [1.165, 1.54) is 5.56 Å². The predicted molar refractivity (Wildman–Crippen MR) is 79.3 cm³/mol. The van der Waals surface area contributed by atoms with Gasteiger partial charge < -0.3 is 10.1 Å². The van der Waals surface area contributed by atoms with E-state index in [1.54, 1.807) is 7.11 Å². The zero-order chi connectivity index (χ0) is 13.7. The summed E-state index contributed by atoms with van der Waals surface area (Å²) in [5.74, 6) is 0.